The fourth-order valence-electron chi connectivity index (χ4n) is 3.75. The molecule has 0 bridgehead atoms. The molecule has 0 saturated carbocycles. The molecule has 2 aromatic carbocycles. The van der Waals surface area contributed by atoms with Crippen molar-refractivity contribution >= 4 is 47.5 Å². The first-order valence-corrected chi connectivity index (χ1v) is 10.8. The number of alkyl carbamates (subject to hydrolysis) is 1. The summed E-state index contributed by atoms with van der Waals surface area (Å²) in [6.45, 7) is 5.17. The molecule has 2 heterocycles. The number of ether oxygens (including phenoxy) is 3. The Morgan fingerprint density at radius 3 is 2.55 bits per heavy atom. The number of nitrogens with one attached hydrogen (secondary N) is 1. The molecule has 2 aliphatic rings. The SMILES string of the molecule is CCOC(=O)N1C(NC(=O)OCc2ccccc2)=CCc2cc(N3CCOCC3)ccc21.[SnH2]. The fraction of sp³-hybridized carbons (Fsp3) is 0.333. The zero-order chi connectivity index (χ0) is 22.3. The summed E-state index contributed by atoms with van der Waals surface area (Å²) < 4.78 is 16.0. The summed E-state index contributed by atoms with van der Waals surface area (Å²) in [5.74, 6) is 0.327. The van der Waals surface area contributed by atoms with Crippen LogP contribution in [0.3, 0.4) is 0 Å². The second kappa shape index (κ2) is 11.9. The average Bonchev–Trinajstić information content (AvgIpc) is 2.83. The second-order valence-electron chi connectivity index (χ2n) is 7.43. The summed E-state index contributed by atoms with van der Waals surface area (Å²) in [5.41, 5.74) is 3.62. The van der Waals surface area contributed by atoms with Gasteiger partial charge in [-0.25, -0.2) is 14.5 Å². The minimum atomic E-state index is -0.636. The van der Waals surface area contributed by atoms with E-state index in [1.807, 2.05) is 42.5 Å². The molecular formula is C24H29N3O5Sn. The summed E-state index contributed by atoms with van der Waals surface area (Å²) >= 11 is 0. The number of carbonyl (C=O) groups excluding carboxylic acids is 2. The summed E-state index contributed by atoms with van der Waals surface area (Å²) in [4.78, 5) is 28.8. The molecule has 2 amide bonds. The normalized spacial score (nSPS) is 15.0. The first kappa shape index (κ1) is 24.9. The van der Waals surface area contributed by atoms with Crippen molar-refractivity contribution in [1.82, 2.24) is 5.32 Å². The molecule has 2 aliphatic heterocycles. The molecule has 0 spiro atoms. The summed E-state index contributed by atoms with van der Waals surface area (Å²) in [7, 11) is 0. The van der Waals surface area contributed by atoms with Gasteiger partial charge in [-0.1, -0.05) is 30.3 Å². The molecule has 4 rings (SSSR count). The number of allylic oxidation sites excluding steroid dienone is 1. The summed E-state index contributed by atoms with van der Waals surface area (Å²) in [5, 5.41) is 2.70. The van der Waals surface area contributed by atoms with Gasteiger partial charge < -0.3 is 19.1 Å². The predicted molar refractivity (Wildman–Crippen MR) is 129 cm³/mol. The zero-order valence-electron chi connectivity index (χ0n) is 18.8. The number of nitrogens with zero attached hydrogens (tertiary/aromatic N) is 2. The molecule has 0 unspecified atom stereocenters. The Balaban J connectivity index is 0.00000306. The van der Waals surface area contributed by atoms with E-state index in [0.29, 0.717) is 31.1 Å². The Labute approximate surface area is 210 Å². The van der Waals surface area contributed by atoms with E-state index in [9.17, 15) is 9.59 Å². The van der Waals surface area contributed by atoms with Crippen LogP contribution < -0.4 is 15.1 Å². The van der Waals surface area contributed by atoms with Gasteiger partial charge in [-0.3, -0.25) is 5.32 Å². The van der Waals surface area contributed by atoms with Crippen LogP contribution in [0.25, 0.3) is 0 Å². The van der Waals surface area contributed by atoms with Gasteiger partial charge >= 0.3 is 36.1 Å². The molecule has 0 aromatic heterocycles. The van der Waals surface area contributed by atoms with Gasteiger partial charge in [-0.15, -0.1) is 0 Å². The van der Waals surface area contributed by atoms with Gasteiger partial charge in [-0.05, 0) is 48.7 Å². The maximum absolute atomic E-state index is 12.8. The molecule has 0 aliphatic carbocycles. The van der Waals surface area contributed by atoms with Crippen LogP contribution in [0.1, 0.15) is 18.1 Å². The van der Waals surface area contributed by atoms with Crippen molar-refractivity contribution in [2.24, 2.45) is 0 Å². The minimum absolute atomic E-state index is 0. The van der Waals surface area contributed by atoms with Crippen molar-refractivity contribution in [3.63, 3.8) is 0 Å². The van der Waals surface area contributed by atoms with Crippen LogP contribution >= 0.6 is 0 Å². The van der Waals surface area contributed by atoms with Crippen LogP contribution in [0.15, 0.2) is 60.4 Å². The van der Waals surface area contributed by atoms with E-state index in [1.165, 1.54) is 4.90 Å². The van der Waals surface area contributed by atoms with Crippen molar-refractivity contribution in [2.75, 3.05) is 42.7 Å². The zero-order valence-corrected chi connectivity index (χ0v) is 22.8. The molecule has 8 nitrogen and oxygen atoms in total. The van der Waals surface area contributed by atoms with Crippen molar-refractivity contribution in [3.8, 4) is 0 Å². The number of morpholine rings is 1. The number of anilines is 2. The number of benzene rings is 2. The monoisotopic (exact) mass is 559 g/mol. The molecule has 174 valence electrons. The molecular weight excluding hydrogens is 529 g/mol. The summed E-state index contributed by atoms with van der Waals surface area (Å²) in [6, 6.07) is 15.4. The number of fused-ring (bicyclic) bond motifs is 1. The van der Waals surface area contributed by atoms with Gasteiger partial charge in [-0.2, -0.15) is 0 Å². The molecule has 1 fully saturated rings. The van der Waals surface area contributed by atoms with Gasteiger partial charge in [0.15, 0.2) is 0 Å². The van der Waals surface area contributed by atoms with Crippen molar-refractivity contribution in [1.29, 1.82) is 0 Å². The standard InChI is InChI=1S/C24H27N3O5.Sn.2H/c1-2-31-24(29)27-21-10-9-20(26-12-14-30-15-13-26)16-19(21)8-11-22(27)25-23(28)32-17-18-6-4-3-5-7-18;;;/h3-7,9-11,16H,2,8,12-15,17H2,1H3,(H,25,28);;;. The Bertz CT molecular complexity index is 993. The first-order valence-electron chi connectivity index (χ1n) is 10.8. The van der Waals surface area contributed by atoms with Crippen LogP contribution in [0, 0.1) is 0 Å². The topological polar surface area (TPSA) is 80.3 Å². The average molecular weight is 558 g/mol. The molecule has 0 atom stereocenters. The van der Waals surface area contributed by atoms with Crippen LogP contribution in [0.5, 0.6) is 0 Å². The third-order valence-corrected chi connectivity index (χ3v) is 5.33. The predicted octanol–water partition coefficient (Wildman–Crippen LogP) is 2.89. The Kier molecular flexibility index (Phi) is 9.02. The third-order valence-electron chi connectivity index (χ3n) is 5.33. The van der Waals surface area contributed by atoms with Gasteiger partial charge in [0.1, 0.15) is 12.4 Å². The van der Waals surface area contributed by atoms with E-state index in [0.717, 1.165) is 29.9 Å². The van der Waals surface area contributed by atoms with Gasteiger partial charge in [0.05, 0.1) is 25.5 Å². The number of amides is 2. The van der Waals surface area contributed by atoms with E-state index >= 15 is 0 Å². The van der Waals surface area contributed by atoms with Crippen LogP contribution in [0.2, 0.25) is 0 Å². The third kappa shape index (κ3) is 6.20. The van der Waals surface area contributed by atoms with E-state index in [2.05, 4.69) is 16.3 Å². The van der Waals surface area contributed by atoms with Gasteiger partial charge in [0.2, 0.25) is 0 Å². The molecule has 2 radical (unpaired) electrons. The van der Waals surface area contributed by atoms with E-state index in [-0.39, 0.29) is 37.1 Å². The summed E-state index contributed by atoms with van der Waals surface area (Å²) in [6.07, 6.45) is 1.18. The fourth-order valence-corrected chi connectivity index (χ4v) is 3.75. The van der Waals surface area contributed by atoms with E-state index in [1.54, 1.807) is 13.0 Å². The maximum atomic E-state index is 12.8. The van der Waals surface area contributed by atoms with Crippen LogP contribution in [-0.4, -0.2) is 69.0 Å². The number of carbonyl (C=O) groups is 2. The number of hydrogen-bond donors (Lipinski definition) is 1. The molecule has 1 N–H and O–H groups in total. The molecule has 2 aromatic rings. The first-order chi connectivity index (χ1) is 15.7. The van der Waals surface area contributed by atoms with E-state index in [4.69, 9.17) is 14.2 Å². The number of hydrogen-bond acceptors (Lipinski definition) is 6. The molecule has 33 heavy (non-hydrogen) atoms. The second-order valence-corrected chi connectivity index (χ2v) is 7.43. The Hall–Kier alpha value is -2.72. The quantitative estimate of drug-likeness (QED) is 0.569. The van der Waals surface area contributed by atoms with Crippen molar-refractivity contribution in [3.05, 3.63) is 71.6 Å². The molecule has 1 saturated heterocycles. The van der Waals surface area contributed by atoms with E-state index < -0.39 is 12.2 Å². The van der Waals surface area contributed by atoms with Gasteiger partial charge in [0.25, 0.3) is 0 Å². The Morgan fingerprint density at radius 2 is 1.82 bits per heavy atom. The Morgan fingerprint density at radius 1 is 1.06 bits per heavy atom. The van der Waals surface area contributed by atoms with Crippen molar-refractivity contribution < 1.29 is 23.8 Å². The van der Waals surface area contributed by atoms with Gasteiger partial charge in [0, 0.05) is 18.8 Å². The van der Waals surface area contributed by atoms with Crippen molar-refractivity contribution in [2.45, 2.75) is 20.0 Å². The van der Waals surface area contributed by atoms with Crippen LogP contribution in [-0.2, 0) is 27.2 Å². The van der Waals surface area contributed by atoms with Crippen LogP contribution in [0.4, 0.5) is 21.0 Å². The molecule has 9 heteroatoms. The number of rotatable bonds is 5.